The highest BCUT2D eigenvalue weighted by atomic mass is 35.5. The minimum atomic E-state index is -0.370. The third kappa shape index (κ3) is 4.55. The summed E-state index contributed by atoms with van der Waals surface area (Å²) >= 11 is 7.77. The summed E-state index contributed by atoms with van der Waals surface area (Å²) in [6.45, 7) is 10.0. The van der Waals surface area contributed by atoms with E-state index in [1.165, 1.54) is 5.69 Å². The highest BCUT2D eigenvalue weighted by molar-refractivity contribution is 7.09. The number of hydrogen-bond acceptors (Lipinski definition) is 5. The minimum Gasteiger partial charge on any atom is -0.496 e. The van der Waals surface area contributed by atoms with Gasteiger partial charge in [0.1, 0.15) is 5.75 Å². The van der Waals surface area contributed by atoms with Crippen molar-refractivity contribution in [1.82, 2.24) is 4.57 Å². The fraction of sp³-hybridized carbons (Fsp3) is 0.476. The summed E-state index contributed by atoms with van der Waals surface area (Å²) < 4.78 is 13.7. The van der Waals surface area contributed by atoms with Gasteiger partial charge < -0.3 is 14.0 Å². The van der Waals surface area contributed by atoms with Gasteiger partial charge in [0, 0.05) is 23.7 Å². The third-order valence-corrected chi connectivity index (χ3v) is 6.33. The summed E-state index contributed by atoms with van der Waals surface area (Å²) in [4.78, 5) is 10.7. The molecule has 1 aromatic carbocycles. The Bertz CT molecular complexity index is 1040. The van der Waals surface area contributed by atoms with E-state index >= 15 is 0 Å². The Morgan fingerprint density at radius 3 is 2.86 bits per heavy atom. The van der Waals surface area contributed by atoms with Gasteiger partial charge >= 0.3 is 0 Å². The number of aromatic nitrogens is 1. The van der Waals surface area contributed by atoms with Crippen molar-refractivity contribution in [3.63, 3.8) is 0 Å². The molecule has 0 N–H and O–H groups in total. The lowest BCUT2D eigenvalue weighted by molar-refractivity contribution is -0.0299. The molecule has 0 radical (unpaired) electrons. The summed E-state index contributed by atoms with van der Waals surface area (Å²) in [5.41, 5.74) is 1.46. The van der Waals surface area contributed by atoms with Crippen LogP contribution < -0.4 is 9.54 Å². The van der Waals surface area contributed by atoms with Crippen LogP contribution in [0.5, 0.6) is 5.75 Å². The summed E-state index contributed by atoms with van der Waals surface area (Å²) in [6.07, 6.45) is 2.70. The van der Waals surface area contributed by atoms with E-state index in [4.69, 9.17) is 26.1 Å². The summed E-state index contributed by atoms with van der Waals surface area (Å²) in [6, 6.07) is 5.20. The van der Waals surface area contributed by atoms with Gasteiger partial charge in [-0.15, -0.1) is 0 Å². The Morgan fingerprint density at radius 2 is 2.21 bits per heavy atom. The van der Waals surface area contributed by atoms with Crippen molar-refractivity contribution in [3.8, 4) is 11.9 Å². The largest absolute Gasteiger partial charge is 0.496 e. The molecule has 0 spiro atoms. The molecule has 0 saturated heterocycles. The zero-order chi connectivity index (χ0) is 21.2. The molecule has 2 aromatic rings. The molecule has 0 amide bonds. The molecule has 29 heavy (non-hydrogen) atoms. The van der Waals surface area contributed by atoms with E-state index in [0.717, 1.165) is 22.6 Å². The second kappa shape index (κ2) is 8.70. The van der Waals surface area contributed by atoms with Crippen LogP contribution in [0.3, 0.4) is 0 Å². The Morgan fingerprint density at radius 1 is 1.45 bits per heavy atom. The van der Waals surface area contributed by atoms with Gasteiger partial charge in [-0.05, 0) is 38.0 Å². The molecule has 0 unspecified atom stereocenters. The van der Waals surface area contributed by atoms with E-state index in [9.17, 15) is 5.26 Å². The van der Waals surface area contributed by atoms with E-state index < -0.39 is 0 Å². The van der Waals surface area contributed by atoms with Crippen LogP contribution in [0.25, 0.3) is 0 Å². The number of benzene rings is 1. The van der Waals surface area contributed by atoms with E-state index in [1.54, 1.807) is 36.6 Å². The van der Waals surface area contributed by atoms with Crippen LogP contribution in [0.4, 0.5) is 0 Å². The molecule has 154 valence electrons. The Labute approximate surface area is 180 Å². The molecule has 0 bridgehead atoms. The maximum absolute atomic E-state index is 9.27. The SMILES string of the molecule is COc1ccc(Cl)cc1C(=NC#N)/N=c1\sc2c(n1CC(C)C)CCOC2(C)C. The number of thiazole rings is 1. The van der Waals surface area contributed by atoms with Gasteiger partial charge in [0.2, 0.25) is 6.19 Å². The van der Waals surface area contributed by atoms with Crippen LogP contribution in [-0.2, 0) is 23.3 Å². The van der Waals surface area contributed by atoms with Crippen molar-refractivity contribution >= 4 is 28.8 Å². The number of methoxy groups -OCH3 is 1. The molecule has 0 saturated carbocycles. The number of amidine groups is 1. The van der Waals surface area contributed by atoms with Crippen LogP contribution in [-0.4, -0.2) is 24.1 Å². The predicted octanol–water partition coefficient (Wildman–Crippen LogP) is 4.50. The fourth-order valence-corrected chi connectivity index (χ4v) is 4.82. The lowest BCUT2D eigenvalue weighted by Crippen LogP contribution is -2.30. The Hall–Kier alpha value is -2.14. The number of halogens is 1. The van der Waals surface area contributed by atoms with Crippen LogP contribution in [0.2, 0.25) is 5.02 Å². The quantitative estimate of drug-likeness (QED) is 0.405. The highest BCUT2D eigenvalue weighted by Gasteiger charge is 2.33. The molecule has 1 aliphatic heterocycles. The lowest BCUT2D eigenvalue weighted by Gasteiger charge is -2.30. The summed E-state index contributed by atoms with van der Waals surface area (Å²) in [5, 5.41) is 9.80. The van der Waals surface area contributed by atoms with Crippen molar-refractivity contribution in [2.75, 3.05) is 13.7 Å². The second-order valence-electron chi connectivity index (χ2n) is 7.77. The van der Waals surface area contributed by atoms with Crippen LogP contribution in [0, 0.1) is 17.4 Å². The predicted molar refractivity (Wildman–Crippen MR) is 116 cm³/mol. The van der Waals surface area contributed by atoms with Crippen LogP contribution in [0.1, 0.15) is 43.8 Å². The monoisotopic (exact) mass is 432 g/mol. The summed E-state index contributed by atoms with van der Waals surface area (Å²) in [7, 11) is 1.57. The average Bonchev–Trinajstić information content (AvgIpc) is 2.99. The van der Waals surface area contributed by atoms with Gasteiger partial charge in [-0.3, -0.25) is 0 Å². The smallest absolute Gasteiger partial charge is 0.207 e. The first-order valence-corrected chi connectivity index (χ1v) is 10.7. The molecule has 3 rings (SSSR count). The number of aliphatic imine (C=N–C) groups is 1. The van der Waals surface area contributed by atoms with Gasteiger partial charge in [-0.2, -0.15) is 15.2 Å². The molecule has 1 aliphatic rings. The first-order chi connectivity index (χ1) is 13.8. The van der Waals surface area contributed by atoms with Gasteiger partial charge in [0.05, 0.1) is 29.8 Å². The number of hydrogen-bond donors (Lipinski definition) is 0. The minimum absolute atomic E-state index is 0.279. The van der Waals surface area contributed by atoms with Crippen molar-refractivity contribution in [1.29, 1.82) is 5.26 Å². The number of ether oxygens (including phenoxy) is 2. The Kier molecular flexibility index (Phi) is 6.47. The molecule has 0 atom stereocenters. The van der Waals surface area contributed by atoms with Gasteiger partial charge in [-0.1, -0.05) is 36.8 Å². The normalized spacial score (nSPS) is 16.6. The van der Waals surface area contributed by atoms with Crippen molar-refractivity contribution in [3.05, 3.63) is 44.2 Å². The molecular formula is C21H25ClN4O2S. The number of fused-ring (bicyclic) bond motifs is 1. The van der Waals surface area contributed by atoms with Crippen molar-refractivity contribution in [2.45, 2.75) is 46.3 Å². The Balaban J connectivity index is 2.25. The molecule has 8 heteroatoms. The maximum atomic E-state index is 9.27. The van der Waals surface area contributed by atoms with E-state index in [2.05, 4.69) is 37.3 Å². The van der Waals surface area contributed by atoms with Crippen molar-refractivity contribution < 1.29 is 9.47 Å². The highest BCUT2D eigenvalue weighted by Crippen LogP contribution is 2.35. The maximum Gasteiger partial charge on any atom is 0.207 e. The van der Waals surface area contributed by atoms with E-state index in [0.29, 0.717) is 28.9 Å². The van der Waals surface area contributed by atoms with Gasteiger partial charge in [-0.25, -0.2) is 0 Å². The molecular weight excluding hydrogens is 408 g/mol. The number of nitriles is 1. The first-order valence-electron chi connectivity index (χ1n) is 9.49. The summed E-state index contributed by atoms with van der Waals surface area (Å²) in [5.74, 6) is 1.28. The van der Waals surface area contributed by atoms with E-state index in [1.807, 2.05) is 6.19 Å². The van der Waals surface area contributed by atoms with Gasteiger partial charge in [0.25, 0.3) is 0 Å². The molecule has 0 aliphatic carbocycles. The van der Waals surface area contributed by atoms with Gasteiger partial charge in [0.15, 0.2) is 10.6 Å². The van der Waals surface area contributed by atoms with E-state index in [-0.39, 0.29) is 11.4 Å². The zero-order valence-corrected chi connectivity index (χ0v) is 18.9. The average molecular weight is 433 g/mol. The molecule has 0 fully saturated rings. The first kappa shape index (κ1) is 21.6. The molecule has 1 aromatic heterocycles. The zero-order valence-electron chi connectivity index (χ0n) is 17.3. The standard InChI is InChI=1S/C21H25ClN4O2S/c1-13(2)11-26-16-8-9-28-21(3,4)18(16)29-20(26)25-19(24-12-23)15-10-14(22)6-7-17(15)27-5/h6-7,10,13H,8-9,11H2,1-5H3/b24-19?,25-20-. The van der Waals surface area contributed by atoms with Crippen LogP contribution >= 0.6 is 22.9 Å². The number of rotatable bonds is 4. The lowest BCUT2D eigenvalue weighted by atomic mass is 10.0. The second-order valence-corrected chi connectivity index (χ2v) is 9.18. The fourth-order valence-electron chi connectivity index (χ4n) is 3.41. The topological polar surface area (TPSA) is 71.9 Å². The molecule has 6 nitrogen and oxygen atoms in total. The number of nitrogens with zero attached hydrogens (tertiary/aromatic N) is 4. The third-order valence-electron chi connectivity index (χ3n) is 4.67. The van der Waals surface area contributed by atoms with Crippen LogP contribution in [0.15, 0.2) is 28.2 Å². The van der Waals surface area contributed by atoms with Crippen molar-refractivity contribution in [2.24, 2.45) is 15.9 Å². The molecule has 2 heterocycles.